The Balaban J connectivity index is 2.53. The summed E-state index contributed by atoms with van der Waals surface area (Å²) in [4.78, 5) is 22.4. The maximum atomic E-state index is 11.8. The molecule has 0 aromatic rings. The fourth-order valence-corrected chi connectivity index (χ4v) is 2.04. The molecule has 5 nitrogen and oxygen atoms in total. The Bertz CT molecular complexity index is 268. The number of rotatable bonds is 3. The van der Waals surface area contributed by atoms with Gasteiger partial charge in [0, 0.05) is 6.04 Å². The van der Waals surface area contributed by atoms with Crippen LogP contribution in [0.3, 0.4) is 0 Å². The normalized spacial score (nSPS) is 27.9. The van der Waals surface area contributed by atoms with Gasteiger partial charge in [-0.2, -0.15) is 0 Å². The summed E-state index contributed by atoms with van der Waals surface area (Å²) in [6, 6.07) is -0.980. The molecule has 0 radical (unpaired) electrons. The Labute approximate surface area is 95.4 Å². The highest BCUT2D eigenvalue weighted by Gasteiger charge is 2.28. The molecule has 16 heavy (non-hydrogen) atoms. The second kappa shape index (κ2) is 5.84. The van der Waals surface area contributed by atoms with Gasteiger partial charge in [-0.3, -0.25) is 9.59 Å². The molecular formula is C11H20N2O3. The lowest BCUT2D eigenvalue weighted by Gasteiger charge is -2.21. The van der Waals surface area contributed by atoms with Gasteiger partial charge in [0.25, 0.3) is 0 Å². The van der Waals surface area contributed by atoms with Crippen molar-refractivity contribution < 1.29 is 14.7 Å². The predicted octanol–water partition coefficient (Wildman–Crippen LogP) is 0.483. The molecule has 0 aromatic carbocycles. The predicted molar refractivity (Wildman–Crippen MR) is 59.8 cm³/mol. The summed E-state index contributed by atoms with van der Waals surface area (Å²) in [6.45, 7) is 1.46. The lowest BCUT2D eigenvalue weighted by atomic mass is 9.94. The van der Waals surface area contributed by atoms with Crippen molar-refractivity contribution in [2.75, 3.05) is 0 Å². The second-order valence-corrected chi connectivity index (χ2v) is 4.48. The maximum Gasteiger partial charge on any atom is 0.325 e. The van der Waals surface area contributed by atoms with Crippen LogP contribution in [0.25, 0.3) is 0 Å². The van der Waals surface area contributed by atoms with Crippen molar-refractivity contribution in [2.45, 2.75) is 51.1 Å². The van der Waals surface area contributed by atoms with Crippen LogP contribution in [0.5, 0.6) is 0 Å². The van der Waals surface area contributed by atoms with Crippen molar-refractivity contribution in [3.8, 4) is 0 Å². The first kappa shape index (κ1) is 13.0. The number of amides is 1. The van der Waals surface area contributed by atoms with Crippen LogP contribution in [0, 0.1) is 5.92 Å². The number of carbonyl (C=O) groups excluding carboxylic acids is 1. The van der Waals surface area contributed by atoms with E-state index in [0.29, 0.717) is 0 Å². The van der Waals surface area contributed by atoms with Gasteiger partial charge in [0.2, 0.25) is 5.91 Å². The van der Waals surface area contributed by atoms with Crippen LogP contribution in [0.15, 0.2) is 0 Å². The summed E-state index contributed by atoms with van der Waals surface area (Å²) in [6.07, 6.45) is 4.76. The molecule has 4 N–H and O–H groups in total. The number of hydrogen-bond acceptors (Lipinski definition) is 3. The SMILES string of the molecule is C[C@H](NC(=O)C1CCCCCC1N)C(=O)O. The van der Waals surface area contributed by atoms with Gasteiger partial charge < -0.3 is 16.2 Å². The molecule has 0 bridgehead atoms. The first-order chi connectivity index (χ1) is 7.52. The number of nitrogens with two attached hydrogens (primary N) is 1. The van der Waals surface area contributed by atoms with Crippen LogP contribution >= 0.6 is 0 Å². The van der Waals surface area contributed by atoms with E-state index in [-0.39, 0.29) is 17.9 Å². The van der Waals surface area contributed by atoms with Crippen molar-refractivity contribution in [1.29, 1.82) is 0 Å². The molecule has 1 saturated carbocycles. The molecule has 0 heterocycles. The summed E-state index contributed by atoms with van der Waals surface area (Å²) in [5.41, 5.74) is 5.92. The topological polar surface area (TPSA) is 92.4 Å². The third-order valence-electron chi connectivity index (χ3n) is 3.14. The summed E-state index contributed by atoms with van der Waals surface area (Å²) < 4.78 is 0. The molecule has 1 aliphatic carbocycles. The molecule has 2 unspecified atom stereocenters. The van der Waals surface area contributed by atoms with E-state index < -0.39 is 12.0 Å². The Morgan fingerprint density at radius 3 is 2.56 bits per heavy atom. The first-order valence-electron chi connectivity index (χ1n) is 5.81. The largest absolute Gasteiger partial charge is 0.480 e. The van der Waals surface area contributed by atoms with Crippen LogP contribution in [0.1, 0.15) is 39.0 Å². The summed E-state index contributed by atoms with van der Waals surface area (Å²) in [7, 11) is 0. The van der Waals surface area contributed by atoms with Crippen molar-refractivity contribution in [3.63, 3.8) is 0 Å². The lowest BCUT2D eigenvalue weighted by Crippen LogP contribution is -2.46. The minimum atomic E-state index is -1.02. The van der Waals surface area contributed by atoms with E-state index >= 15 is 0 Å². The van der Waals surface area contributed by atoms with E-state index in [2.05, 4.69) is 5.32 Å². The summed E-state index contributed by atoms with van der Waals surface area (Å²) in [5.74, 6) is -1.47. The number of carboxylic acids is 1. The minimum absolute atomic E-state index is 0.136. The van der Waals surface area contributed by atoms with Gasteiger partial charge in [0.1, 0.15) is 6.04 Å². The molecule has 1 rings (SSSR count). The molecule has 0 saturated heterocycles. The monoisotopic (exact) mass is 228 g/mol. The average Bonchev–Trinajstić information content (AvgIpc) is 2.42. The van der Waals surface area contributed by atoms with E-state index in [1.807, 2.05) is 0 Å². The van der Waals surface area contributed by atoms with Crippen LogP contribution in [-0.2, 0) is 9.59 Å². The van der Waals surface area contributed by atoms with Gasteiger partial charge in [-0.25, -0.2) is 0 Å². The standard InChI is InChI=1S/C11H20N2O3/c1-7(11(15)16)13-10(14)8-5-3-2-4-6-9(8)12/h7-9H,2-6,12H2,1H3,(H,13,14)(H,15,16)/t7-,8?,9?/m0/s1. The van der Waals surface area contributed by atoms with Crippen molar-refractivity contribution >= 4 is 11.9 Å². The molecule has 0 spiro atoms. The Kier molecular flexibility index (Phi) is 4.73. The third kappa shape index (κ3) is 3.48. The minimum Gasteiger partial charge on any atom is -0.480 e. The number of nitrogens with one attached hydrogen (secondary N) is 1. The number of carboxylic acid groups (broad SMARTS) is 1. The average molecular weight is 228 g/mol. The van der Waals surface area contributed by atoms with Gasteiger partial charge in [-0.15, -0.1) is 0 Å². The lowest BCUT2D eigenvalue weighted by molar-refractivity contribution is -0.142. The van der Waals surface area contributed by atoms with Gasteiger partial charge in [0.05, 0.1) is 5.92 Å². The summed E-state index contributed by atoms with van der Waals surface area (Å²) in [5, 5.41) is 11.2. The van der Waals surface area contributed by atoms with Crippen LogP contribution in [0.4, 0.5) is 0 Å². The molecule has 1 aliphatic rings. The zero-order chi connectivity index (χ0) is 12.1. The smallest absolute Gasteiger partial charge is 0.325 e. The highest BCUT2D eigenvalue weighted by atomic mass is 16.4. The van der Waals surface area contributed by atoms with E-state index in [9.17, 15) is 9.59 Å². The van der Waals surface area contributed by atoms with E-state index in [1.54, 1.807) is 0 Å². The quantitative estimate of drug-likeness (QED) is 0.613. The number of carbonyl (C=O) groups is 2. The van der Waals surface area contributed by atoms with Gasteiger partial charge in [0.15, 0.2) is 0 Å². The van der Waals surface area contributed by atoms with Crippen LogP contribution < -0.4 is 11.1 Å². The van der Waals surface area contributed by atoms with Crippen molar-refractivity contribution in [2.24, 2.45) is 11.7 Å². The Hall–Kier alpha value is -1.10. The number of hydrogen-bond donors (Lipinski definition) is 3. The fourth-order valence-electron chi connectivity index (χ4n) is 2.04. The zero-order valence-electron chi connectivity index (χ0n) is 9.61. The molecule has 92 valence electrons. The highest BCUT2D eigenvalue weighted by molar-refractivity contribution is 5.85. The zero-order valence-corrected chi connectivity index (χ0v) is 9.61. The van der Waals surface area contributed by atoms with Crippen molar-refractivity contribution in [1.82, 2.24) is 5.32 Å². The first-order valence-corrected chi connectivity index (χ1v) is 5.81. The molecule has 1 fully saturated rings. The molecule has 0 aliphatic heterocycles. The van der Waals surface area contributed by atoms with E-state index in [0.717, 1.165) is 32.1 Å². The molecule has 3 atom stereocenters. The van der Waals surface area contributed by atoms with Crippen LogP contribution in [-0.4, -0.2) is 29.1 Å². The third-order valence-corrected chi connectivity index (χ3v) is 3.14. The molecule has 1 amide bonds. The molecular weight excluding hydrogens is 208 g/mol. The highest BCUT2D eigenvalue weighted by Crippen LogP contribution is 2.22. The fraction of sp³-hybridized carbons (Fsp3) is 0.818. The molecule has 5 heteroatoms. The van der Waals surface area contributed by atoms with E-state index in [4.69, 9.17) is 10.8 Å². The second-order valence-electron chi connectivity index (χ2n) is 4.48. The Morgan fingerprint density at radius 2 is 1.94 bits per heavy atom. The van der Waals surface area contributed by atoms with Gasteiger partial charge in [-0.05, 0) is 19.8 Å². The molecule has 0 aromatic heterocycles. The van der Waals surface area contributed by atoms with Gasteiger partial charge >= 0.3 is 5.97 Å². The maximum absolute atomic E-state index is 11.8. The van der Waals surface area contributed by atoms with Crippen LogP contribution in [0.2, 0.25) is 0 Å². The Morgan fingerprint density at radius 1 is 1.31 bits per heavy atom. The van der Waals surface area contributed by atoms with Crippen molar-refractivity contribution in [3.05, 3.63) is 0 Å². The number of aliphatic carboxylic acids is 1. The van der Waals surface area contributed by atoms with E-state index in [1.165, 1.54) is 6.92 Å². The van der Waals surface area contributed by atoms with Gasteiger partial charge in [-0.1, -0.05) is 19.3 Å². The summed E-state index contributed by atoms with van der Waals surface area (Å²) >= 11 is 0.